The Labute approximate surface area is 118 Å². The Balaban J connectivity index is 1.87. The summed E-state index contributed by atoms with van der Waals surface area (Å²) in [6, 6.07) is 0.157. The molecule has 2 amide bonds. The van der Waals surface area contributed by atoms with Crippen LogP contribution in [-0.4, -0.2) is 52.6 Å². The number of carboxylic acids is 1. The molecule has 2 N–H and O–H groups in total. The Morgan fingerprint density at radius 3 is 2.74 bits per heavy atom. The summed E-state index contributed by atoms with van der Waals surface area (Å²) in [6.45, 7) is 1.02. The topological polar surface area (TPSA) is 69.6 Å². The lowest BCUT2D eigenvalue weighted by molar-refractivity contribution is -0.143. The number of aliphatic carboxylic acids is 1. The minimum Gasteiger partial charge on any atom is -0.481 e. The van der Waals surface area contributed by atoms with Crippen LogP contribution in [0.1, 0.15) is 32.1 Å². The Bertz CT molecular complexity index is 351. The molecule has 3 unspecified atom stereocenters. The lowest BCUT2D eigenvalue weighted by atomic mass is 9.99. The van der Waals surface area contributed by atoms with Gasteiger partial charge in [0.1, 0.15) is 0 Å². The van der Waals surface area contributed by atoms with Crippen molar-refractivity contribution in [3.63, 3.8) is 0 Å². The molecule has 0 aromatic rings. The normalized spacial score (nSPS) is 31.2. The van der Waals surface area contributed by atoms with Crippen molar-refractivity contribution in [2.24, 2.45) is 5.92 Å². The van der Waals surface area contributed by atoms with Gasteiger partial charge in [-0.05, 0) is 31.9 Å². The van der Waals surface area contributed by atoms with Crippen molar-refractivity contribution in [3.8, 4) is 0 Å². The second-order valence-electron chi connectivity index (χ2n) is 5.38. The van der Waals surface area contributed by atoms with Gasteiger partial charge in [-0.1, -0.05) is 6.42 Å². The van der Waals surface area contributed by atoms with E-state index >= 15 is 0 Å². The first kappa shape index (κ1) is 14.5. The molecule has 19 heavy (non-hydrogen) atoms. The highest BCUT2D eigenvalue weighted by molar-refractivity contribution is 7.99. The molecule has 1 aliphatic heterocycles. The molecule has 2 aliphatic rings. The molecule has 2 rings (SSSR count). The van der Waals surface area contributed by atoms with Crippen LogP contribution in [0.5, 0.6) is 0 Å². The van der Waals surface area contributed by atoms with Gasteiger partial charge in [0.15, 0.2) is 0 Å². The largest absolute Gasteiger partial charge is 0.481 e. The Morgan fingerprint density at radius 1 is 1.26 bits per heavy atom. The number of thioether (sulfide) groups is 1. The first-order valence-corrected chi connectivity index (χ1v) is 8.21. The number of rotatable bonds is 3. The van der Waals surface area contributed by atoms with Crippen LogP contribution in [0.25, 0.3) is 0 Å². The summed E-state index contributed by atoms with van der Waals surface area (Å²) < 4.78 is 0. The number of likely N-dealkylation sites (tertiary alicyclic amines) is 1. The van der Waals surface area contributed by atoms with Crippen molar-refractivity contribution < 1.29 is 14.7 Å². The summed E-state index contributed by atoms with van der Waals surface area (Å²) >= 11 is 1.81. The van der Waals surface area contributed by atoms with E-state index in [1.165, 1.54) is 0 Å². The molecule has 5 nitrogen and oxygen atoms in total. The number of amides is 2. The van der Waals surface area contributed by atoms with Crippen molar-refractivity contribution in [2.75, 3.05) is 19.3 Å². The Kier molecular flexibility index (Phi) is 4.96. The average molecular weight is 286 g/mol. The minimum atomic E-state index is -0.791. The number of carboxylic acid groups (broad SMARTS) is 1. The van der Waals surface area contributed by atoms with Gasteiger partial charge in [0.05, 0.1) is 5.92 Å². The zero-order valence-corrected chi connectivity index (χ0v) is 12.1. The van der Waals surface area contributed by atoms with Crippen LogP contribution in [0, 0.1) is 5.92 Å². The van der Waals surface area contributed by atoms with Crippen molar-refractivity contribution in [2.45, 2.75) is 43.4 Å². The number of carbonyl (C=O) groups is 2. The Morgan fingerprint density at radius 2 is 2.05 bits per heavy atom. The van der Waals surface area contributed by atoms with Gasteiger partial charge >= 0.3 is 12.0 Å². The van der Waals surface area contributed by atoms with E-state index in [1.807, 2.05) is 11.8 Å². The number of carbonyl (C=O) groups excluding carboxylic acids is 1. The third-order valence-electron chi connectivity index (χ3n) is 4.12. The predicted octanol–water partition coefficient (Wildman–Crippen LogP) is 1.78. The van der Waals surface area contributed by atoms with Crippen LogP contribution in [-0.2, 0) is 4.79 Å². The molecular weight excluding hydrogens is 264 g/mol. The van der Waals surface area contributed by atoms with Crippen molar-refractivity contribution in [1.82, 2.24) is 10.2 Å². The van der Waals surface area contributed by atoms with E-state index in [0.717, 1.165) is 25.7 Å². The maximum Gasteiger partial charge on any atom is 0.317 e. The third kappa shape index (κ3) is 3.55. The van der Waals surface area contributed by atoms with Crippen LogP contribution in [0.4, 0.5) is 4.79 Å². The second-order valence-corrected chi connectivity index (χ2v) is 6.46. The molecule has 1 saturated carbocycles. The number of nitrogens with zero attached hydrogens (tertiary/aromatic N) is 1. The van der Waals surface area contributed by atoms with Crippen LogP contribution in [0.2, 0.25) is 0 Å². The molecule has 6 heteroatoms. The highest BCUT2D eigenvalue weighted by atomic mass is 32.2. The van der Waals surface area contributed by atoms with E-state index in [9.17, 15) is 9.59 Å². The smallest absolute Gasteiger partial charge is 0.317 e. The monoisotopic (exact) mass is 286 g/mol. The average Bonchev–Trinajstić information content (AvgIpc) is 2.86. The van der Waals surface area contributed by atoms with E-state index in [4.69, 9.17) is 5.11 Å². The fourth-order valence-electron chi connectivity index (χ4n) is 2.99. The molecule has 0 spiro atoms. The van der Waals surface area contributed by atoms with Gasteiger partial charge in [0, 0.05) is 24.4 Å². The van der Waals surface area contributed by atoms with Crippen LogP contribution in [0.3, 0.4) is 0 Å². The summed E-state index contributed by atoms with van der Waals surface area (Å²) in [5, 5.41) is 12.6. The molecule has 2 fully saturated rings. The molecule has 0 radical (unpaired) electrons. The molecule has 1 heterocycles. The number of piperidine rings is 1. The van der Waals surface area contributed by atoms with E-state index in [-0.39, 0.29) is 12.1 Å². The molecule has 3 atom stereocenters. The van der Waals surface area contributed by atoms with Gasteiger partial charge in [0.25, 0.3) is 0 Å². The molecule has 0 aromatic heterocycles. The molecule has 1 saturated heterocycles. The standard InChI is InChI=1S/C13H22N2O3S/c1-19-11-6-2-5-10(11)14-13(18)15-7-3-4-9(8-15)12(16)17/h9-11H,2-8H2,1H3,(H,14,18)(H,16,17). The van der Waals surface area contributed by atoms with E-state index in [1.54, 1.807) is 4.90 Å². The third-order valence-corrected chi connectivity index (χ3v) is 5.29. The lowest BCUT2D eigenvalue weighted by Gasteiger charge is -2.32. The zero-order valence-electron chi connectivity index (χ0n) is 11.3. The van der Waals surface area contributed by atoms with Gasteiger partial charge in [-0.15, -0.1) is 0 Å². The summed E-state index contributed by atoms with van der Waals surface area (Å²) in [5.41, 5.74) is 0. The lowest BCUT2D eigenvalue weighted by Crippen LogP contribution is -2.50. The zero-order chi connectivity index (χ0) is 13.8. The van der Waals surface area contributed by atoms with Crippen LogP contribution >= 0.6 is 11.8 Å². The van der Waals surface area contributed by atoms with Crippen molar-refractivity contribution in [3.05, 3.63) is 0 Å². The first-order valence-electron chi connectivity index (χ1n) is 6.93. The number of nitrogens with one attached hydrogen (secondary N) is 1. The highest BCUT2D eigenvalue weighted by Crippen LogP contribution is 2.28. The van der Waals surface area contributed by atoms with Gasteiger partial charge < -0.3 is 15.3 Å². The number of urea groups is 1. The Hall–Kier alpha value is -0.910. The fraction of sp³-hybridized carbons (Fsp3) is 0.846. The van der Waals surface area contributed by atoms with Crippen LogP contribution in [0.15, 0.2) is 0 Å². The van der Waals surface area contributed by atoms with Gasteiger partial charge in [-0.25, -0.2) is 4.79 Å². The molecule has 1 aliphatic carbocycles. The molecule has 0 bridgehead atoms. The summed E-state index contributed by atoms with van der Waals surface area (Å²) in [7, 11) is 0. The second kappa shape index (κ2) is 6.50. The maximum absolute atomic E-state index is 12.2. The highest BCUT2D eigenvalue weighted by Gasteiger charge is 2.32. The number of hydrogen-bond acceptors (Lipinski definition) is 3. The van der Waals surface area contributed by atoms with Gasteiger partial charge in [0.2, 0.25) is 0 Å². The van der Waals surface area contributed by atoms with Gasteiger partial charge in [-0.3, -0.25) is 4.79 Å². The summed E-state index contributed by atoms with van der Waals surface area (Å²) in [4.78, 5) is 24.9. The van der Waals surface area contributed by atoms with Crippen molar-refractivity contribution >= 4 is 23.8 Å². The quantitative estimate of drug-likeness (QED) is 0.829. The molecular formula is C13H22N2O3S. The van der Waals surface area contributed by atoms with Crippen molar-refractivity contribution in [1.29, 1.82) is 0 Å². The number of hydrogen-bond donors (Lipinski definition) is 2. The van der Waals surface area contributed by atoms with Gasteiger partial charge in [-0.2, -0.15) is 11.8 Å². The molecule has 0 aromatic carbocycles. The molecule has 108 valence electrons. The summed E-state index contributed by atoms with van der Waals surface area (Å²) in [6.07, 6.45) is 6.89. The SMILES string of the molecule is CSC1CCCC1NC(=O)N1CCCC(C(=O)O)C1. The predicted molar refractivity (Wildman–Crippen MR) is 75.4 cm³/mol. The van der Waals surface area contributed by atoms with Crippen LogP contribution < -0.4 is 5.32 Å². The minimum absolute atomic E-state index is 0.0862. The van der Waals surface area contributed by atoms with E-state index < -0.39 is 11.9 Å². The van der Waals surface area contributed by atoms with E-state index in [0.29, 0.717) is 24.8 Å². The van der Waals surface area contributed by atoms with E-state index in [2.05, 4.69) is 11.6 Å². The summed E-state index contributed by atoms with van der Waals surface area (Å²) in [5.74, 6) is -1.19. The first-order chi connectivity index (χ1) is 9.11. The fourth-order valence-corrected chi connectivity index (χ4v) is 3.92. The maximum atomic E-state index is 12.2.